The third-order valence-electron chi connectivity index (χ3n) is 7.19. The summed E-state index contributed by atoms with van der Waals surface area (Å²) in [6.45, 7) is 2.88. The van der Waals surface area contributed by atoms with Gasteiger partial charge >= 0.3 is 0 Å². The quantitative estimate of drug-likeness (QED) is 0.380. The van der Waals surface area contributed by atoms with E-state index in [0.29, 0.717) is 25.9 Å². The van der Waals surface area contributed by atoms with Gasteiger partial charge in [0.25, 0.3) is 0 Å². The van der Waals surface area contributed by atoms with Crippen molar-refractivity contribution in [1.29, 1.82) is 0 Å². The first-order valence-electron chi connectivity index (χ1n) is 13.2. The number of nitrogens with one attached hydrogen (secondary N) is 1. The van der Waals surface area contributed by atoms with E-state index in [1.165, 1.54) is 5.56 Å². The molecule has 1 saturated heterocycles. The van der Waals surface area contributed by atoms with Crippen LogP contribution < -0.4 is 10.2 Å². The number of aromatic nitrogens is 1. The minimum absolute atomic E-state index is 0.108. The van der Waals surface area contributed by atoms with E-state index >= 15 is 0 Å². The zero-order valence-corrected chi connectivity index (χ0v) is 21.8. The Hall–Kier alpha value is -3.97. The highest BCUT2D eigenvalue weighted by atomic mass is 16.3. The fourth-order valence-electron chi connectivity index (χ4n) is 5.03. The lowest BCUT2D eigenvalue weighted by molar-refractivity contribution is -0.139. The van der Waals surface area contributed by atoms with E-state index in [1.54, 1.807) is 12.1 Å². The highest BCUT2D eigenvalue weighted by Crippen LogP contribution is 2.27. The van der Waals surface area contributed by atoms with Crippen LogP contribution in [0.1, 0.15) is 30.1 Å². The predicted molar refractivity (Wildman–Crippen MR) is 150 cm³/mol. The normalized spacial score (nSPS) is 19.7. The van der Waals surface area contributed by atoms with E-state index in [4.69, 9.17) is 0 Å². The molecule has 2 aromatic carbocycles. The van der Waals surface area contributed by atoms with Gasteiger partial charge in [0.2, 0.25) is 5.91 Å². The van der Waals surface area contributed by atoms with E-state index in [-0.39, 0.29) is 29.5 Å². The maximum Gasteiger partial charge on any atom is 0.226 e. The second-order valence-electron chi connectivity index (χ2n) is 9.56. The molecule has 7 nitrogen and oxygen atoms in total. The Bertz CT molecular complexity index is 1140. The molecule has 1 aromatic heterocycles. The van der Waals surface area contributed by atoms with Gasteiger partial charge in [0.15, 0.2) is 0 Å². The van der Waals surface area contributed by atoms with Crippen LogP contribution in [0.3, 0.4) is 0 Å². The number of phenolic OH excluding ortho intramolecular Hbond substituents is 1. The van der Waals surface area contributed by atoms with Gasteiger partial charge in [-0.05, 0) is 61.9 Å². The van der Waals surface area contributed by atoms with Crippen molar-refractivity contribution in [1.82, 2.24) is 15.2 Å². The molecule has 198 valence electrons. The van der Waals surface area contributed by atoms with Gasteiger partial charge in [-0.25, -0.2) is 0 Å². The minimum Gasteiger partial charge on any atom is -0.508 e. The van der Waals surface area contributed by atoms with Crippen LogP contribution in [0.25, 0.3) is 0 Å². The molecular formula is C31H36N4O3. The van der Waals surface area contributed by atoms with Crippen molar-refractivity contribution in [2.45, 2.75) is 18.9 Å². The first-order chi connectivity index (χ1) is 18.6. The van der Waals surface area contributed by atoms with Crippen molar-refractivity contribution in [3.63, 3.8) is 0 Å². The topological polar surface area (TPSA) is 85.8 Å². The summed E-state index contributed by atoms with van der Waals surface area (Å²) in [5, 5.41) is 12.6. The highest BCUT2D eigenvalue weighted by Gasteiger charge is 2.33. The summed E-state index contributed by atoms with van der Waals surface area (Å²) < 4.78 is 0. The monoisotopic (exact) mass is 512 g/mol. The van der Waals surface area contributed by atoms with Crippen molar-refractivity contribution >= 4 is 17.9 Å². The van der Waals surface area contributed by atoms with Gasteiger partial charge in [0, 0.05) is 44.0 Å². The largest absolute Gasteiger partial charge is 0.508 e. The molecule has 0 bridgehead atoms. The number of aldehydes is 1. The SMILES string of the molecule is CNC(c1ccccc1)c1ccccn1.O=CC1CC=CCC1C(=O)N1CCN(c2ccc(O)cc2)CC1. The van der Waals surface area contributed by atoms with Crippen LogP contribution >= 0.6 is 0 Å². The van der Waals surface area contributed by atoms with Crippen molar-refractivity contribution in [3.8, 4) is 5.75 Å². The van der Waals surface area contributed by atoms with E-state index in [0.717, 1.165) is 30.8 Å². The predicted octanol–water partition coefficient (Wildman–Crippen LogP) is 4.21. The molecule has 7 heteroatoms. The average molecular weight is 513 g/mol. The third kappa shape index (κ3) is 6.86. The Morgan fingerprint density at radius 3 is 2.26 bits per heavy atom. The number of hydrogen-bond acceptors (Lipinski definition) is 6. The molecule has 3 aromatic rings. The zero-order chi connectivity index (χ0) is 26.7. The number of benzene rings is 2. The maximum absolute atomic E-state index is 12.7. The smallest absolute Gasteiger partial charge is 0.226 e. The Morgan fingerprint density at radius 1 is 0.947 bits per heavy atom. The lowest BCUT2D eigenvalue weighted by atomic mass is 9.83. The number of carbonyl (C=O) groups is 2. The molecule has 1 fully saturated rings. The number of piperazine rings is 1. The molecule has 1 aliphatic carbocycles. The zero-order valence-electron chi connectivity index (χ0n) is 21.8. The molecule has 2 heterocycles. The van der Waals surface area contributed by atoms with Crippen LogP contribution in [0.4, 0.5) is 5.69 Å². The summed E-state index contributed by atoms with van der Waals surface area (Å²) in [7, 11) is 1.95. The molecule has 3 atom stereocenters. The first kappa shape index (κ1) is 27.1. The lowest BCUT2D eigenvalue weighted by Gasteiger charge is -2.38. The summed E-state index contributed by atoms with van der Waals surface area (Å²) in [5.41, 5.74) is 3.34. The fraction of sp³-hybridized carbons (Fsp3) is 0.323. The van der Waals surface area contributed by atoms with Crippen LogP contribution in [0.5, 0.6) is 5.75 Å². The van der Waals surface area contributed by atoms with E-state index in [2.05, 4.69) is 27.3 Å². The van der Waals surface area contributed by atoms with Gasteiger partial charge in [0.1, 0.15) is 12.0 Å². The number of pyridine rings is 1. The minimum atomic E-state index is -0.197. The highest BCUT2D eigenvalue weighted by molar-refractivity contribution is 5.83. The maximum atomic E-state index is 12.7. The number of rotatable bonds is 6. The van der Waals surface area contributed by atoms with Gasteiger partial charge in [-0.1, -0.05) is 48.6 Å². The van der Waals surface area contributed by atoms with Gasteiger partial charge in [0.05, 0.1) is 17.7 Å². The van der Waals surface area contributed by atoms with Crippen molar-refractivity contribution < 1.29 is 14.7 Å². The van der Waals surface area contributed by atoms with Gasteiger partial charge in [-0.15, -0.1) is 0 Å². The number of nitrogens with zero attached hydrogens (tertiary/aromatic N) is 3. The fourth-order valence-corrected chi connectivity index (χ4v) is 5.03. The van der Waals surface area contributed by atoms with Gasteiger partial charge < -0.3 is 25.0 Å². The number of anilines is 1. The molecule has 2 aliphatic rings. The number of allylic oxidation sites excluding steroid dienone is 2. The second-order valence-corrected chi connectivity index (χ2v) is 9.56. The van der Waals surface area contributed by atoms with Crippen LogP contribution in [0.15, 0.2) is 91.1 Å². The number of amides is 1. The summed E-state index contributed by atoms with van der Waals surface area (Å²) in [5.74, 6) is -0.00928. The second kappa shape index (κ2) is 13.5. The Balaban J connectivity index is 0.000000194. The number of carbonyl (C=O) groups excluding carboxylic acids is 2. The van der Waals surface area contributed by atoms with Crippen LogP contribution in [0.2, 0.25) is 0 Å². The Kier molecular flexibility index (Phi) is 9.65. The summed E-state index contributed by atoms with van der Waals surface area (Å²) in [6, 6.07) is 23.6. The number of aromatic hydroxyl groups is 1. The molecule has 0 spiro atoms. The van der Waals surface area contributed by atoms with Gasteiger partial charge in [-0.2, -0.15) is 0 Å². The molecule has 0 radical (unpaired) electrons. The average Bonchev–Trinajstić information content (AvgIpc) is 2.99. The van der Waals surface area contributed by atoms with Crippen LogP contribution in [0, 0.1) is 11.8 Å². The van der Waals surface area contributed by atoms with E-state index < -0.39 is 0 Å². The Labute approximate surface area is 224 Å². The van der Waals surface area contributed by atoms with E-state index in [9.17, 15) is 14.7 Å². The van der Waals surface area contributed by atoms with Crippen LogP contribution in [-0.2, 0) is 9.59 Å². The van der Waals surface area contributed by atoms with Crippen molar-refractivity contribution in [2.24, 2.45) is 11.8 Å². The van der Waals surface area contributed by atoms with Crippen LogP contribution in [-0.4, -0.2) is 60.4 Å². The molecule has 3 unspecified atom stereocenters. The number of hydrogen-bond donors (Lipinski definition) is 2. The van der Waals surface area contributed by atoms with Crippen molar-refractivity contribution in [2.75, 3.05) is 38.1 Å². The lowest BCUT2D eigenvalue weighted by Crippen LogP contribution is -2.51. The standard InChI is InChI=1S/C18H22N2O3.C13H14N2/c21-13-14-3-1-2-4-17(14)18(23)20-11-9-19(10-12-20)15-5-7-16(22)8-6-15;1-14-13(11-7-3-2-4-8-11)12-9-5-6-10-15-12/h1-2,5-8,13-14,17,22H,3-4,9-12H2;2-10,13-14H,1H3. The summed E-state index contributed by atoms with van der Waals surface area (Å²) in [4.78, 5) is 32.3. The molecule has 0 saturated carbocycles. The van der Waals surface area contributed by atoms with Gasteiger partial charge in [-0.3, -0.25) is 9.78 Å². The molecule has 38 heavy (non-hydrogen) atoms. The molecule has 1 amide bonds. The number of phenols is 1. The molecular weight excluding hydrogens is 476 g/mol. The van der Waals surface area contributed by atoms with E-state index in [1.807, 2.05) is 78.8 Å². The third-order valence-corrected chi connectivity index (χ3v) is 7.19. The summed E-state index contributed by atoms with van der Waals surface area (Å²) in [6.07, 6.45) is 8.09. The summed E-state index contributed by atoms with van der Waals surface area (Å²) >= 11 is 0. The molecule has 1 aliphatic heterocycles. The van der Waals surface area contributed by atoms with Crippen molar-refractivity contribution in [3.05, 3.63) is 102 Å². The molecule has 5 rings (SSSR count). The first-order valence-corrected chi connectivity index (χ1v) is 13.2. The Morgan fingerprint density at radius 2 is 1.63 bits per heavy atom. The molecule has 2 N–H and O–H groups in total.